The van der Waals surface area contributed by atoms with Crippen molar-refractivity contribution >= 4 is 17.9 Å². The van der Waals surface area contributed by atoms with Crippen molar-refractivity contribution in [2.45, 2.75) is 57.2 Å². The molecule has 1 aromatic heterocycles. The van der Waals surface area contributed by atoms with Crippen LogP contribution in [0.2, 0.25) is 0 Å². The molecule has 0 saturated carbocycles. The van der Waals surface area contributed by atoms with E-state index in [4.69, 9.17) is 4.74 Å². The Hall–Kier alpha value is -1.23. The number of pyridine rings is 1. The van der Waals surface area contributed by atoms with Gasteiger partial charge in [-0.15, -0.1) is 11.8 Å². The van der Waals surface area contributed by atoms with Crippen LogP contribution in [0.4, 0.5) is 4.79 Å². The van der Waals surface area contributed by atoms with Crippen LogP contribution < -0.4 is 0 Å². The van der Waals surface area contributed by atoms with Crippen LogP contribution in [0.25, 0.3) is 0 Å². The van der Waals surface area contributed by atoms with Gasteiger partial charge in [0.2, 0.25) is 0 Å². The number of hydrogen-bond acceptors (Lipinski definition) is 4. The SMILES string of the molecule is CCSc1ncccc1[C@H]1CCCN1C(=O)OC(C)(C)C. The summed E-state index contributed by atoms with van der Waals surface area (Å²) in [7, 11) is 0. The molecule has 0 radical (unpaired) electrons. The van der Waals surface area contributed by atoms with Crippen LogP contribution in [-0.2, 0) is 4.74 Å². The third kappa shape index (κ3) is 4.13. The van der Waals surface area contributed by atoms with E-state index in [1.54, 1.807) is 11.8 Å². The third-order valence-electron chi connectivity index (χ3n) is 3.32. The van der Waals surface area contributed by atoms with Gasteiger partial charge in [0.15, 0.2) is 0 Å². The van der Waals surface area contributed by atoms with Crippen LogP contribution in [0, 0.1) is 0 Å². The van der Waals surface area contributed by atoms with E-state index in [-0.39, 0.29) is 12.1 Å². The van der Waals surface area contributed by atoms with Gasteiger partial charge in [0.25, 0.3) is 0 Å². The van der Waals surface area contributed by atoms with Gasteiger partial charge in [0, 0.05) is 18.3 Å². The van der Waals surface area contributed by atoms with Crippen molar-refractivity contribution in [1.29, 1.82) is 0 Å². The van der Waals surface area contributed by atoms with Crippen molar-refractivity contribution in [3.05, 3.63) is 23.9 Å². The van der Waals surface area contributed by atoms with Gasteiger partial charge in [-0.2, -0.15) is 0 Å². The Morgan fingerprint density at radius 2 is 2.29 bits per heavy atom. The fourth-order valence-electron chi connectivity index (χ4n) is 2.54. The maximum atomic E-state index is 12.4. The number of ether oxygens (including phenoxy) is 1. The highest BCUT2D eigenvalue weighted by atomic mass is 32.2. The molecule has 0 aromatic carbocycles. The lowest BCUT2D eigenvalue weighted by Gasteiger charge is -2.29. The van der Waals surface area contributed by atoms with Gasteiger partial charge in [-0.1, -0.05) is 13.0 Å². The van der Waals surface area contributed by atoms with Crippen molar-refractivity contribution in [3.63, 3.8) is 0 Å². The Morgan fingerprint density at radius 3 is 2.95 bits per heavy atom. The predicted molar refractivity (Wildman–Crippen MR) is 85.6 cm³/mol. The minimum Gasteiger partial charge on any atom is -0.444 e. The van der Waals surface area contributed by atoms with Gasteiger partial charge >= 0.3 is 6.09 Å². The fourth-order valence-corrected chi connectivity index (χ4v) is 3.32. The number of thioether (sulfide) groups is 1. The molecule has 1 aliphatic rings. The van der Waals surface area contributed by atoms with Crippen LogP contribution in [-0.4, -0.2) is 33.9 Å². The van der Waals surface area contributed by atoms with E-state index in [0.717, 1.165) is 35.7 Å². The van der Waals surface area contributed by atoms with Crippen LogP contribution >= 0.6 is 11.8 Å². The first-order chi connectivity index (χ1) is 9.92. The lowest BCUT2D eigenvalue weighted by Crippen LogP contribution is -2.36. The van der Waals surface area contributed by atoms with Gasteiger partial charge in [0.05, 0.1) is 6.04 Å². The molecule has 0 unspecified atom stereocenters. The maximum Gasteiger partial charge on any atom is 0.410 e. The zero-order valence-corrected chi connectivity index (χ0v) is 14.1. The maximum absolute atomic E-state index is 12.4. The average Bonchev–Trinajstić information content (AvgIpc) is 2.87. The lowest BCUT2D eigenvalue weighted by molar-refractivity contribution is 0.0222. The van der Waals surface area contributed by atoms with Gasteiger partial charge in [-0.05, 0) is 45.4 Å². The topological polar surface area (TPSA) is 42.4 Å². The Labute approximate surface area is 131 Å². The highest BCUT2D eigenvalue weighted by Gasteiger charge is 2.34. The largest absolute Gasteiger partial charge is 0.444 e. The van der Waals surface area contributed by atoms with Gasteiger partial charge in [-0.25, -0.2) is 9.78 Å². The van der Waals surface area contributed by atoms with Crippen molar-refractivity contribution in [1.82, 2.24) is 9.88 Å². The summed E-state index contributed by atoms with van der Waals surface area (Å²) in [5.74, 6) is 0.975. The summed E-state index contributed by atoms with van der Waals surface area (Å²) in [4.78, 5) is 18.7. The van der Waals surface area contributed by atoms with Crippen LogP contribution in [0.1, 0.15) is 52.1 Å². The zero-order valence-electron chi connectivity index (χ0n) is 13.3. The lowest BCUT2D eigenvalue weighted by atomic mass is 10.1. The summed E-state index contributed by atoms with van der Waals surface area (Å²) in [5, 5.41) is 1.03. The first-order valence-corrected chi connectivity index (χ1v) is 8.48. The summed E-state index contributed by atoms with van der Waals surface area (Å²) >= 11 is 1.73. The Kier molecular flexibility index (Phi) is 5.14. The van der Waals surface area contributed by atoms with Crippen molar-refractivity contribution in [2.75, 3.05) is 12.3 Å². The molecule has 4 nitrogen and oxygen atoms in total. The number of carbonyl (C=O) groups is 1. The molecule has 1 atom stereocenters. The minimum atomic E-state index is -0.458. The zero-order chi connectivity index (χ0) is 15.5. The summed E-state index contributed by atoms with van der Waals surface area (Å²) in [6, 6.07) is 4.11. The number of nitrogens with zero attached hydrogens (tertiary/aromatic N) is 2. The summed E-state index contributed by atoms with van der Waals surface area (Å²) in [5.41, 5.74) is 0.688. The molecular formula is C16H24N2O2S. The minimum absolute atomic E-state index is 0.0857. The molecule has 0 aliphatic carbocycles. The Bertz CT molecular complexity index is 499. The monoisotopic (exact) mass is 308 g/mol. The molecule has 21 heavy (non-hydrogen) atoms. The van der Waals surface area contributed by atoms with Gasteiger partial charge in [-0.3, -0.25) is 0 Å². The van der Waals surface area contributed by atoms with E-state index in [1.807, 2.05) is 37.9 Å². The molecule has 0 N–H and O–H groups in total. The highest BCUT2D eigenvalue weighted by molar-refractivity contribution is 7.99. The second-order valence-corrected chi connectivity index (χ2v) is 7.42. The number of amides is 1. The molecule has 1 fully saturated rings. The molecule has 1 saturated heterocycles. The van der Waals surface area contributed by atoms with Crippen molar-refractivity contribution in [3.8, 4) is 0 Å². The normalized spacial score (nSPS) is 18.9. The van der Waals surface area contributed by atoms with Gasteiger partial charge in [0.1, 0.15) is 10.6 Å². The fraction of sp³-hybridized carbons (Fsp3) is 0.625. The molecule has 1 amide bonds. The molecular weight excluding hydrogens is 284 g/mol. The molecule has 2 heterocycles. The summed E-state index contributed by atoms with van der Waals surface area (Å²) in [6.07, 6.45) is 3.58. The number of aromatic nitrogens is 1. The van der Waals surface area contributed by atoms with E-state index in [2.05, 4.69) is 18.0 Å². The quantitative estimate of drug-likeness (QED) is 0.782. The van der Waals surface area contributed by atoms with Crippen molar-refractivity contribution < 1.29 is 9.53 Å². The molecule has 5 heteroatoms. The predicted octanol–water partition coefficient (Wildman–Crippen LogP) is 4.27. The number of carbonyl (C=O) groups excluding carboxylic acids is 1. The van der Waals surface area contributed by atoms with E-state index in [0.29, 0.717) is 0 Å². The second kappa shape index (κ2) is 6.69. The number of rotatable bonds is 3. The highest BCUT2D eigenvalue weighted by Crippen LogP contribution is 2.37. The van der Waals surface area contributed by atoms with E-state index in [9.17, 15) is 4.79 Å². The molecule has 2 rings (SSSR count). The molecule has 116 valence electrons. The summed E-state index contributed by atoms with van der Waals surface area (Å²) in [6.45, 7) is 8.57. The van der Waals surface area contributed by atoms with Crippen LogP contribution in [0.3, 0.4) is 0 Å². The second-order valence-electron chi connectivity index (χ2n) is 6.16. The van der Waals surface area contributed by atoms with Crippen LogP contribution in [0.5, 0.6) is 0 Å². The van der Waals surface area contributed by atoms with Gasteiger partial charge < -0.3 is 9.64 Å². The van der Waals surface area contributed by atoms with E-state index >= 15 is 0 Å². The number of hydrogen-bond donors (Lipinski definition) is 0. The van der Waals surface area contributed by atoms with Crippen molar-refractivity contribution in [2.24, 2.45) is 0 Å². The molecule has 0 bridgehead atoms. The Balaban J connectivity index is 2.21. The van der Waals surface area contributed by atoms with E-state index in [1.165, 1.54) is 0 Å². The third-order valence-corrected chi connectivity index (χ3v) is 4.22. The Morgan fingerprint density at radius 1 is 1.52 bits per heavy atom. The molecule has 0 spiro atoms. The first kappa shape index (κ1) is 16.1. The molecule has 1 aromatic rings. The smallest absolute Gasteiger partial charge is 0.410 e. The molecule has 1 aliphatic heterocycles. The first-order valence-electron chi connectivity index (χ1n) is 7.49. The van der Waals surface area contributed by atoms with E-state index < -0.39 is 5.60 Å². The average molecular weight is 308 g/mol. The summed E-state index contributed by atoms with van der Waals surface area (Å²) < 4.78 is 5.53. The van der Waals surface area contributed by atoms with Crippen LogP contribution in [0.15, 0.2) is 23.4 Å². The standard InChI is InChI=1S/C16H24N2O2S/c1-5-21-14-12(8-6-10-17-14)13-9-7-11-18(13)15(19)20-16(2,3)4/h6,8,10,13H,5,7,9,11H2,1-4H3/t13-/m1/s1. The number of likely N-dealkylation sites (tertiary alicyclic amines) is 1.